The number of carboxylic acid groups (broad SMARTS) is 1. The molecule has 37 heavy (non-hydrogen) atoms. The first kappa shape index (κ1) is 28.3. The highest BCUT2D eigenvalue weighted by molar-refractivity contribution is 6.39. The van der Waals surface area contributed by atoms with Crippen LogP contribution >= 0.6 is 23.2 Å². The maximum absolute atomic E-state index is 12.7. The first-order valence-electron chi connectivity index (χ1n) is 11.7. The predicted molar refractivity (Wildman–Crippen MR) is 144 cm³/mol. The average Bonchev–Trinajstić information content (AvgIpc) is 2.88. The molecule has 0 aliphatic carbocycles. The van der Waals surface area contributed by atoms with Crippen molar-refractivity contribution in [3.8, 4) is 22.6 Å². The molecule has 196 valence electrons. The number of carboxylic acids is 1. The summed E-state index contributed by atoms with van der Waals surface area (Å²) < 4.78 is 16.9. The van der Waals surface area contributed by atoms with Gasteiger partial charge in [0.15, 0.2) is 0 Å². The molecule has 0 bridgehead atoms. The standard InChI is InChI=1S/C28H29Cl2NO6/c1-4-12-37-16-18-14-23(35-2)25(24(15-18)36-3)19-10-8-17(9-11-19)13-22(28(33)34)31-27(32)26-20(29)6-5-7-21(26)30/h5-11,14-15,22H,4,12-13,16H2,1-3H3,(H,31,32)(H,33,34)/t22-/m0/s1. The van der Waals surface area contributed by atoms with E-state index < -0.39 is 17.9 Å². The summed E-state index contributed by atoms with van der Waals surface area (Å²) in [7, 11) is 3.18. The summed E-state index contributed by atoms with van der Waals surface area (Å²) in [4.78, 5) is 24.6. The molecule has 0 saturated heterocycles. The number of aliphatic carboxylic acids is 1. The van der Waals surface area contributed by atoms with Crippen molar-refractivity contribution in [3.63, 3.8) is 0 Å². The van der Waals surface area contributed by atoms with E-state index in [1.165, 1.54) is 12.1 Å². The molecular weight excluding hydrogens is 517 g/mol. The molecule has 7 nitrogen and oxygen atoms in total. The number of hydrogen-bond acceptors (Lipinski definition) is 5. The van der Waals surface area contributed by atoms with Gasteiger partial charge in [0.2, 0.25) is 0 Å². The molecule has 0 heterocycles. The Morgan fingerprint density at radius 2 is 1.54 bits per heavy atom. The molecule has 0 saturated carbocycles. The quantitative estimate of drug-likeness (QED) is 0.270. The summed E-state index contributed by atoms with van der Waals surface area (Å²) in [5.41, 5.74) is 3.28. The Balaban J connectivity index is 1.81. The fourth-order valence-electron chi connectivity index (χ4n) is 3.86. The van der Waals surface area contributed by atoms with Crippen LogP contribution in [0.2, 0.25) is 10.0 Å². The minimum atomic E-state index is -1.18. The van der Waals surface area contributed by atoms with E-state index in [4.69, 9.17) is 37.4 Å². The van der Waals surface area contributed by atoms with E-state index in [2.05, 4.69) is 12.2 Å². The van der Waals surface area contributed by atoms with E-state index in [0.29, 0.717) is 30.3 Å². The van der Waals surface area contributed by atoms with Gasteiger partial charge < -0.3 is 24.6 Å². The number of hydrogen-bond donors (Lipinski definition) is 2. The van der Waals surface area contributed by atoms with Crippen LogP contribution in [0.15, 0.2) is 54.6 Å². The Labute approximate surface area is 226 Å². The Hall–Kier alpha value is -3.26. The molecular formula is C28H29Cl2NO6. The normalized spacial score (nSPS) is 11.6. The van der Waals surface area contributed by atoms with Gasteiger partial charge in [0.05, 0.1) is 42.0 Å². The first-order chi connectivity index (χ1) is 17.8. The molecule has 0 aliphatic heterocycles. The van der Waals surface area contributed by atoms with Gasteiger partial charge in [-0.25, -0.2) is 4.79 Å². The molecule has 0 fully saturated rings. The topological polar surface area (TPSA) is 94.1 Å². The Kier molecular flexibility index (Phi) is 10.2. The number of carbonyl (C=O) groups is 2. The summed E-state index contributed by atoms with van der Waals surface area (Å²) in [5.74, 6) is -0.564. The highest BCUT2D eigenvalue weighted by Gasteiger charge is 2.24. The minimum absolute atomic E-state index is 0.0372. The third-order valence-corrected chi connectivity index (χ3v) is 6.29. The second kappa shape index (κ2) is 13.3. The molecule has 3 aromatic rings. The Morgan fingerprint density at radius 1 is 0.946 bits per heavy atom. The van der Waals surface area contributed by atoms with Gasteiger partial charge in [0.25, 0.3) is 5.91 Å². The largest absolute Gasteiger partial charge is 0.496 e. The molecule has 3 aromatic carbocycles. The van der Waals surface area contributed by atoms with Crippen LogP contribution in [0, 0.1) is 0 Å². The zero-order valence-corrected chi connectivity index (χ0v) is 22.4. The summed E-state index contributed by atoms with van der Waals surface area (Å²) in [5, 5.41) is 12.5. The smallest absolute Gasteiger partial charge is 0.326 e. The Morgan fingerprint density at radius 3 is 2.05 bits per heavy atom. The number of rotatable bonds is 12. The molecule has 0 aliphatic rings. The second-order valence-corrected chi connectivity index (χ2v) is 9.10. The van der Waals surface area contributed by atoms with Crippen molar-refractivity contribution in [2.75, 3.05) is 20.8 Å². The van der Waals surface area contributed by atoms with E-state index in [-0.39, 0.29) is 22.0 Å². The third kappa shape index (κ3) is 7.16. The monoisotopic (exact) mass is 545 g/mol. The SMILES string of the molecule is CCCOCc1cc(OC)c(-c2ccc(C[C@H](NC(=O)c3c(Cl)cccc3Cl)C(=O)O)cc2)c(OC)c1. The molecule has 3 rings (SSSR count). The molecule has 9 heteroatoms. The van der Waals surface area contributed by atoms with Crippen molar-refractivity contribution < 1.29 is 28.9 Å². The first-order valence-corrected chi connectivity index (χ1v) is 12.4. The lowest BCUT2D eigenvalue weighted by Gasteiger charge is -2.18. The van der Waals surface area contributed by atoms with E-state index in [0.717, 1.165) is 23.1 Å². The van der Waals surface area contributed by atoms with Crippen LogP contribution in [-0.4, -0.2) is 43.9 Å². The second-order valence-electron chi connectivity index (χ2n) is 8.29. The number of carbonyl (C=O) groups excluding carboxylic acids is 1. The van der Waals surface area contributed by atoms with Crippen molar-refractivity contribution in [2.24, 2.45) is 0 Å². The molecule has 1 atom stereocenters. The van der Waals surface area contributed by atoms with Crippen molar-refractivity contribution >= 4 is 35.1 Å². The number of ether oxygens (including phenoxy) is 3. The fourth-order valence-corrected chi connectivity index (χ4v) is 4.43. The van der Waals surface area contributed by atoms with Crippen LogP contribution < -0.4 is 14.8 Å². The molecule has 0 aromatic heterocycles. The zero-order valence-electron chi connectivity index (χ0n) is 20.8. The summed E-state index contributed by atoms with van der Waals surface area (Å²) in [6.45, 7) is 3.16. The lowest BCUT2D eigenvalue weighted by Crippen LogP contribution is -2.42. The van der Waals surface area contributed by atoms with Gasteiger partial charge >= 0.3 is 5.97 Å². The zero-order chi connectivity index (χ0) is 26.9. The van der Waals surface area contributed by atoms with Gasteiger partial charge in [0, 0.05) is 13.0 Å². The van der Waals surface area contributed by atoms with Crippen LogP contribution in [0.25, 0.3) is 11.1 Å². The van der Waals surface area contributed by atoms with Gasteiger partial charge in [-0.1, -0.05) is 60.5 Å². The van der Waals surface area contributed by atoms with Crippen molar-refractivity contribution in [1.82, 2.24) is 5.32 Å². The number of amides is 1. The van der Waals surface area contributed by atoms with E-state index >= 15 is 0 Å². The fraction of sp³-hybridized carbons (Fsp3) is 0.286. The van der Waals surface area contributed by atoms with Crippen LogP contribution in [0.3, 0.4) is 0 Å². The number of benzene rings is 3. The lowest BCUT2D eigenvalue weighted by molar-refractivity contribution is -0.139. The molecule has 0 spiro atoms. The van der Waals surface area contributed by atoms with E-state index in [1.54, 1.807) is 32.4 Å². The molecule has 0 unspecified atom stereocenters. The van der Waals surface area contributed by atoms with Gasteiger partial charge in [0.1, 0.15) is 17.5 Å². The minimum Gasteiger partial charge on any atom is -0.496 e. The van der Waals surface area contributed by atoms with E-state index in [1.807, 2.05) is 24.3 Å². The number of nitrogens with one attached hydrogen (secondary N) is 1. The number of halogens is 2. The molecule has 2 N–H and O–H groups in total. The van der Waals surface area contributed by atoms with Crippen molar-refractivity contribution in [3.05, 3.63) is 81.3 Å². The van der Waals surface area contributed by atoms with Crippen molar-refractivity contribution in [2.45, 2.75) is 32.4 Å². The predicted octanol–water partition coefficient (Wildman–Crippen LogP) is 6.03. The van der Waals surface area contributed by atoms with Crippen LogP contribution in [0.5, 0.6) is 11.5 Å². The summed E-state index contributed by atoms with van der Waals surface area (Å²) in [6, 6.07) is 14.6. The lowest BCUT2D eigenvalue weighted by atomic mass is 9.98. The highest BCUT2D eigenvalue weighted by Crippen LogP contribution is 2.40. The third-order valence-electron chi connectivity index (χ3n) is 5.66. The van der Waals surface area contributed by atoms with E-state index in [9.17, 15) is 14.7 Å². The van der Waals surface area contributed by atoms with Crippen LogP contribution in [0.4, 0.5) is 0 Å². The summed E-state index contributed by atoms with van der Waals surface area (Å²) >= 11 is 12.2. The van der Waals surface area contributed by atoms with Gasteiger partial charge in [-0.05, 0) is 47.4 Å². The summed E-state index contributed by atoms with van der Waals surface area (Å²) in [6.07, 6.45) is 0.990. The molecule has 1 amide bonds. The highest BCUT2D eigenvalue weighted by atomic mass is 35.5. The van der Waals surface area contributed by atoms with Crippen LogP contribution in [0.1, 0.15) is 34.8 Å². The maximum atomic E-state index is 12.7. The van der Waals surface area contributed by atoms with Gasteiger partial charge in [-0.3, -0.25) is 4.79 Å². The number of methoxy groups -OCH3 is 2. The van der Waals surface area contributed by atoms with Gasteiger partial charge in [-0.15, -0.1) is 0 Å². The van der Waals surface area contributed by atoms with Crippen LogP contribution in [-0.2, 0) is 22.6 Å². The molecule has 0 radical (unpaired) electrons. The van der Waals surface area contributed by atoms with Crippen molar-refractivity contribution in [1.29, 1.82) is 0 Å². The van der Waals surface area contributed by atoms with Gasteiger partial charge in [-0.2, -0.15) is 0 Å². The Bertz CT molecular complexity index is 1200. The maximum Gasteiger partial charge on any atom is 0.326 e. The average molecular weight is 546 g/mol.